The zero-order valence-electron chi connectivity index (χ0n) is 10.5. The molecule has 1 N–H and O–H groups in total. The monoisotopic (exact) mass is 270 g/mol. The minimum Gasteiger partial charge on any atom is -0.404 e. The lowest BCUT2D eigenvalue weighted by Gasteiger charge is -2.11. The fourth-order valence-corrected chi connectivity index (χ4v) is 2.65. The van der Waals surface area contributed by atoms with Gasteiger partial charge in [0.15, 0.2) is 0 Å². The summed E-state index contributed by atoms with van der Waals surface area (Å²) in [6, 6.07) is 15.7. The van der Waals surface area contributed by atoms with Crippen molar-refractivity contribution >= 4 is 6.09 Å². The standard InChI is InChI=1S/C15H12NO4/c17-15(16(18)19)20-9-14-12-7-3-1-5-10(12)11-6-2-4-8-13(11)14/h1-8,14H,9H2,(H,18,19)/q+1. The minimum absolute atomic E-state index is 0.0200. The molecule has 0 aliphatic heterocycles. The molecule has 20 heavy (non-hydrogen) atoms. The summed E-state index contributed by atoms with van der Waals surface area (Å²) in [6.45, 7) is 0.0200. The first-order valence-corrected chi connectivity index (χ1v) is 6.19. The van der Waals surface area contributed by atoms with Crippen molar-refractivity contribution in [1.82, 2.24) is 0 Å². The Morgan fingerprint density at radius 1 is 1.05 bits per heavy atom. The molecular formula is C15H12NO4+. The van der Waals surface area contributed by atoms with Gasteiger partial charge in [-0.15, -0.1) is 0 Å². The average molecular weight is 270 g/mol. The molecule has 0 spiro atoms. The number of fused-ring (bicyclic) bond motifs is 3. The van der Waals surface area contributed by atoms with Crippen molar-refractivity contribution in [1.29, 1.82) is 0 Å². The second-order valence-electron chi connectivity index (χ2n) is 4.58. The molecule has 0 aromatic heterocycles. The summed E-state index contributed by atoms with van der Waals surface area (Å²) in [5.41, 5.74) is 4.31. The van der Waals surface area contributed by atoms with Crippen LogP contribution in [0.15, 0.2) is 48.5 Å². The van der Waals surface area contributed by atoms with Crippen molar-refractivity contribution in [2.24, 2.45) is 0 Å². The van der Waals surface area contributed by atoms with Crippen molar-refractivity contribution in [2.45, 2.75) is 5.92 Å². The number of carbonyl (C=O) groups is 1. The van der Waals surface area contributed by atoms with Gasteiger partial charge in [0.1, 0.15) is 6.61 Å². The summed E-state index contributed by atoms with van der Waals surface area (Å²) in [4.78, 5) is 20.7. The van der Waals surface area contributed by atoms with Crippen LogP contribution >= 0.6 is 0 Å². The Kier molecular flexibility index (Phi) is 2.95. The molecule has 0 radical (unpaired) electrons. The van der Waals surface area contributed by atoms with Crippen LogP contribution in [0.2, 0.25) is 0 Å². The number of benzene rings is 2. The Morgan fingerprint density at radius 2 is 1.55 bits per heavy atom. The topological polar surface area (TPSA) is 66.6 Å². The van der Waals surface area contributed by atoms with E-state index in [1.807, 2.05) is 48.5 Å². The summed E-state index contributed by atoms with van der Waals surface area (Å²) in [5, 5.41) is 8.49. The molecule has 1 aliphatic carbocycles. The first kappa shape index (κ1) is 12.3. The lowest BCUT2D eigenvalue weighted by atomic mass is 9.98. The molecule has 5 heteroatoms. The molecule has 0 bridgehead atoms. The first-order valence-electron chi connectivity index (χ1n) is 6.19. The molecular weight excluding hydrogens is 258 g/mol. The van der Waals surface area contributed by atoms with Gasteiger partial charge in [-0.1, -0.05) is 48.5 Å². The van der Waals surface area contributed by atoms with Crippen LogP contribution in [0, 0.1) is 4.91 Å². The minimum atomic E-state index is -1.30. The van der Waals surface area contributed by atoms with E-state index in [0.717, 1.165) is 22.3 Å². The normalized spacial score (nSPS) is 12.6. The van der Waals surface area contributed by atoms with Crippen molar-refractivity contribution in [2.75, 3.05) is 6.61 Å². The van der Waals surface area contributed by atoms with E-state index in [9.17, 15) is 9.70 Å². The smallest absolute Gasteiger partial charge is 0.404 e. The van der Waals surface area contributed by atoms with Gasteiger partial charge < -0.3 is 4.74 Å². The van der Waals surface area contributed by atoms with Crippen LogP contribution in [-0.2, 0) is 4.74 Å². The number of ether oxygens (including phenoxy) is 1. The number of carbonyl (C=O) groups excluding carboxylic acids is 1. The van der Waals surface area contributed by atoms with E-state index in [2.05, 4.69) is 0 Å². The second-order valence-corrected chi connectivity index (χ2v) is 4.58. The van der Waals surface area contributed by atoms with Crippen molar-refractivity contribution in [3.63, 3.8) is 0 Å². The Labute approximate surface area is 115 Å². The van der Waals surface area contributed by atoms with Gasteiger partial charge >= 0.3 is 11.0 Å². The lowest BCUT2D eigenvalue weighted by Crippen LogP contribution is -2.19. The van der Waals surface area contributed by atoms with E-state index >= 15 is 0 Å². The van der Waals surface area contributed by atoms with Crippen LogP contribution in [-0.4, -0.2) is 22.8 Å². The SMILES string of the molecule is O=C(OCC1c2ccccc2-c2ccccc21)[N+](=O)O. The molecule has 100 valence electrons. The average Bonchev–Trinajstić information content (AvgIpc) is 2.79. The highest BCUT2D eigenvalue weighted by molar-refractivity contribution is 5.78. The van der Waals surface area contributed by atoms with E-state index in [1.54, 1.807) is 0 Å². The van der Waals surface area contributed by atoms with Crippen LogP contribution in [0.5, 0.6) is 0 Å². The summed E-state index contributed by atoms with van der Waals surface area (Å²) in [6.07, 6.45) is -1.30. The third-order valence-electron chi connectivity index (χ3n) is 3.49. The Bertz CT molecular complexity index is 650. The molecule has 3 rings (SSSR count). The van der Waals surface area contributed by atoms with Crippen LogP contribution in [0.3, 0.4) is 0 Å². The van der Waals surface area contributed by atoms with Crippen molar-refractivity contribution < 1.29 is 19.7 Å². The largest absolute Gasteiger partial charge is 0.698 e. The van der Waals surface area contributed by atoms with Gasteiger partial charge in [0, 0.05) is 5.92 Å². The van der Waals surface area contributed by atoms with E-state index < -0.39 is 11.0 Å². The first-order chi connectivity index (χ1) is 9.68. The molecule has 2 aromatic rings. The van der Waals surface area contributed by atoms with E-state index in [4.69, 9.17) is 9.94 Å². The summed E-state index contributed by atoms with van der Waals surface area (Å²) < 4.78 is 4.83. The molecule has 5 nitrogen and oxygen atoms in total. The summed E-state index contributed by atoms with van der Waals surface area (Å²) in [5.74, 6) is -0.119. The molecule has 0 atom stereocenters. The number of rotatable bonds is 2. The molecule has 0 saturated heterocycles. The van der Waals surface area contributed by atoms with Crippen molar-refractivity contribution in [3.05, 3.63) is 64.6 Å². The maximum atomic E-state index is 11.1. The van der Waals surface area contributed by atoms with E-state index in [0.29, 0.717) is 0 Å². The van der Waals surface area contributed by atoms with Crippen LogP contribution in [0.1, 0.15) is 17.0 Å². The van der Waals surface area contributed by atoms with E-state index in [-0.39, 0.29) is 12.5 Å². The zero-order valence-corrected chi connectivity index (χ0v) is 10.5. The van der Waals surface area contributed by atoms with Gasteiger partial charge in [-0.05, 0) is 22.3 Å². The van der Waals surface area contributed by atoms with Crippen molar-refractivity contribution in [3.8, 4) is 11.1 Å². The van der Waals surface area contributed by atoms with Crippen LogP contribution in [0.25, 0.3) is 11.1 Å². The third-order valence-corrected chi connectivity index (χ3v) is 3.49. The Hall–Kier alpha value is -2.69. The van der Waals surface area contributed by atoms with Gasteiger partial charge in [0.25, 0.3) is 0 Å². The fraction of sp³-hybridized carbons (Fsp3) is 0.133. The predicted molar refractivity (Wildman–Crippen MR) is 70.5 cm³/mol. The molecule has 2 aromatic carbocycles. The number of hydrogen-bond donors (Lipinski definition) is 1. The number of amides is 1. The summed E-state index contributed by atoms with van der Waals surface area (Å²) in [7, 11) is 0. The highest BCUT2D eigenvalue weighted by Gasteiger charge is 2.32. The molecule has 0 heterocycles. The molecule has 0 fully saturated rings. The zero-order chi connectivity index (χ0) is 14.1. The highest BCUT2D eigenvalue weighted by atomic mass is 16.7. The van der Waals surface area contributed by atoms with Crippen LogP contribution in [0.4, 0.5) is 4.79 Å². The molecule has 1 aliphatic rings. The summed E-state index contributed by atoms with van der Waals surface area (Å²) >= 11 is 0. The number of hydrogen-bond acceptors (Lipinski definition) is 3. The maximum Gasteiger partial charge on any atom is 0.698 e. The fourth-order valence-electron chi connectivity index (χ4n) is 2.65. The highest BCUT2D eigenvalue weighted by Crippen LogP contribution is 2.44. The Morgan fingerprint density at radius 3 is 2.05 bits per heavy atom. The maximum absolute atomic E-state index is 11.1. The predicted octanol–water partition coefficient (Wildman–Crippen LogP) is 3.10. The third kappa shape index (κ3) is 1.93. The van der Waals surface area contributed by atoms with Gasteiger partial charge in [-0.3, -0.25) is 0 Å². The molecule has 0 unspecified atom stereocenters. The van der Waals surface area contributed by atoms with Gasteiger partial charge in [-0.25, -0.2) is 5.21 Å². The Balaban J connectivity index is 1.95. The second kappa shape index (κ2) is 4.77. The quantitative estimate of drug-likeness (QED) is 0.672. The molecule has 1 amide bonds. The van der Waals surface area contributed by atoms with Gasteiger partial charge in [0.05, 0.1) is 4.91 Å². The van der Waals surface area contributed by atoms with Crippen LogP contribution < -0.4 is 0 Å². The number of nitrogens with zero attached hydrogens (tertiary/aromatic N) is 1. The van der Waals surface area contributed by atoms with Gasteiger partial charge in [-0.2, -0.15) is 4.79 Å². The van der Waals surface area contributed by atoms with E-state index in [1.165, 1.54) is 0 Å². The van der Waals surface area contributed by atoms with Gasteiger partial charge in [0.2, 0.25) is 0 Å². The molecule has 0 saturated carbocycles. The lowest BCUT2D eigenvalue weighted by molar-refractivity contribution is -0.724.